The average molecular weight is 236 g/mol. The van der Waals surface area contributed by atoms with Gasteiger partial charge >= 0.3 is 5.97 Å². The summed E-state index contributed by atoms with van der Waals surface area (Å²) in [6.45, 7) is 1.29. The molecule has 0 amide bonds. The first kappa shape index (κ1) is 12.6. The number of carboxylic acids is 1. The van der Waals surface area contributed by atoms with Crippen molar-refractivity contribution < 1.29 is 19.9 Å². The summed E-state index contributed by atoms with van der Waals surface area (Å²) in [4.78, 5) is 20.6. The monoisotopic (exact) mass is 236 g/mol. The van der Waals surface area contributed by atoms with Crippen molar-refractivity contribution in [3.63, 3.8) is 0 Å². The van der Waals surface area contributed by atoms with E-state index in [0.717, 1.165) is 6.07 Å². The first-order valence-corrected chi connectivity index (χ1v) is 4.49. The minimum absolute atomic E-state index is 0.0241. The van der Waals surface area contributed by atoms with Gasteiger partial charge in [0.05, 0.1) is 4.92 Å². The SMILES string of the molecule is Cc1c(C(O)C(=O)O)ccc(C#N)c1[N+](=O)[O-]. The molecule has 0 spiro atoms. The third-order valence-corrected chi connectivity index (χ3v) is 2.30. The summed E-state index contributed by atoms with van der Waals surface area (Å²) >= 11 is 0. The van der Waals surface area contributed by atoms with Crippen molar-refractivity contribution in [2.75, 3.05) is 0 Å². The van der Waals surface area contributed by atoms with Crippen LogP contribution < -0.4 is 0 Å². The fraction of sp³-hybridized carbons (Fsp3) is 0.200. The Balaban J connectivity index is 3.50. The summed E-state index contributed by atoms with van der Waals surface area (Å²) in [5, 5.41) is 37.4. The lowest BCUT2D eigenvalue weighted by Gasteiger charge is -2.10. The zero-order valence-electron chi connectivity index (χ0n) is 8.75. The lowest BCUT2D eigenvalue weighted by Crippen LogP contribution is -2.13. The van der Waals surface area contributed by atoms with E-state index < -0.39 is 22.7 Å². The van der Waals surface area contributed by atoms with E-state index in [1.165, 1.54) is 13.0 Å². The van der Waals surface area contributed by atoms with Crippen LogP contribution in [0.1, 0.15) is 22.8 Å². The maximum Gasteiger partial charge on any atom is 0.337 e. The van der Waals surface area contributed by atoms with Crippen molar-refractivity contribution in [1.82, 2.24) is 0 Å². The number of benzene rings is 1. The molecule has 1 atom stereocenters. The maximum absolute atomic E-state index is 10.8. The van der Waals surface area contributed by atoms with Gasteiger partial charge < -0.3 is 10.2 Å². The Labute approximate surface area is 95.7 Å². The molecule has 0 saturated heterocycles. The molecule has 0 radical (unpaired) electrons. The van der Waals surface area contributed by atoms with Crippen molar-refractivity contribution in [3.8, 4) is 6.07 Å². The van der Waals surface area contributed by atoms with Crippen LogP contribution in [0.25, 0.3) is 0 Å². The quantitative estimate of drug-likeness (QED) is 0.593. The number of nitrogens with zero attached hydrogens (tertiary/aromatic N) is 2. The van der Waals surface area contributed by atoms with Gasteiger partial charge in [0.15, 0.2) is 6.10 Å². The van der Waals surface area contributed by atoms with Gasteiger partial charge in [-0.15, -0.1) is 0 Å². The van der Waals surface area contributed by atoms with Gasteiger partial charge in [-0.3, -0.25) is 10.1 Å². The molecule has 88 valence electrons. The largest absolute Gasteiger partial charge is 0.479 e. The molecule has 0 aliphatic heterocycles. The Morgan fingerprint density at radius 3 is 2.59 bits per heavy atom. The summed E-state index contributed by atoms with van der Waals surface area (Å²) in [7, 11) is 0. The van der Waals surface area contributed by atoms with Gasteiger partial charge in [-0.05, 0) is 13.0 Å². The topological polar surface area (TPSA) is 124 Å². The molecular formula is C10H8N2O5. The molecule has 0 aliphatic carbocycles. The van der Waals surface area contributed by atoms with Gasteiger partial charge in [0.2, 0.25) is 0 Å². The van der Waals surface area contributed by atoms with Gasteiger partial charge in [0, 0.05) is 11.1 Å². The number of hydrogen-bond donors (Lipinski definition) is 2. The number of carboxylic acid groups (broad SMARTS) is 1. The maximum atomic E-state index is 10.8. The van der Waals surface area contributed by atoms with Gasteiger partial charge in [-0.2, -0.15) is 5.26 Å². The zero-order valence-corrected chi connectivity index (χ0v) is 8.75. The number of hydrogen-bond acceptors (Lipinski definition) is 5. The number of nitriles is 1. The summed E-state index contributed by atoms with van der Waals surface area (Å²) in [5.74, 6) is -1.51. The van der Waals surface area contributed by atoms with Crippen molar-refractivity contribution in [2.45, 2.75) is 13.0 Å². The summed E-state index contributed by atoms with van der Waals surface area (Å²) < 4.78 is 0. The Morgan fingerprint density at radius 2 is 2.18 bits per heavy atom. The third kappa shape index (κ3) is 2.21. The highest BCUT2D eigenvalue weighted by atomic mass is 16.6. The Morgan fingerprint density at radius 1 is 1.59 bits per heavy atom. The summed E-state index contributed by atoms with van der Waals surface area (Å²) in [6, 6.07) is 3.95. The van der Waals surface area contributed by atoms with Gasteiger partial charge in [-0.1, -0.05) is 6.07 Å². The lowest BCUT2D eigenvalue weighted by atomic mass is 9.98. The van der Waals surface area contributed by atoms with Crippen molar-refractivity contribution in [2.24, 2.45) is 0 Å². The third-order valence-electron chi connectivity index (χ3n) is 2.30. The van der Waals surface area contributed by atoms with Crippen LogP contribution in [0.2, 0.25) is 0 Å². The number of aliphatic hydroxyl groups is 1. The molecule has 7 heteroatoms. The molecule has 1 aromatic rings. The number of aliphatic carboxylic acids is 1. The molecule has 0 fully saturated rings. The normalized spacial score (nSPS) is 11.6. The second kappa shape index (κ2) is 4.59. The van der Waals surface area contributed by atoms with Crippen molar-refractivity contribution >= 4 is 11.7 Å². The van der Waals surface area contributed by atoms with E-state index in [0.29, 0.717) is 0 Å². The van der Waals surface area contributed by atoms with E-state index in [-0.39, 0.29) is 16.7 Å². The molecule has 1 aromatic carbocycles. The number of nitro benzene ring substituents is 1. The summed E-state index contributed by atoms with van der Waals surface area (Å²) in [5.41, 5.74) is -0.772. The van der Waals surface area contributed by atoms with E-state index in [1.54, 1.807) is 6.07 Å². The van der Waals surface area contributed by atoms with Crippen LogP contribution in [0, 0.1) is 28.4 Å². The van der Waals surface area contributed by atoms with E-state index in [4.69, 9.17) is 10.4 Å². The van der Waals surface area contributed by atoms with Crippen LogP contribution >= 0.6 is 0 Å². The Hall–Kier alpha value is -2.46. The number of aliphatic hydroxyl groups excluding tert-OH is 1. The molecular weight excluding hydrogens is 228 g/mol. The van der Waals surface area contributed by atoms with E-state index in [1.807, 2.05) is 0 Å². The average Bonchev–Trinajstić information content (AvgIpc) is 2.26. The van der Waals surface area contributed by atoms with E-state index >= 15 is 0 Å². The van der Waals surface area contributed by atoms with E-state index in [9.17, 15) is 20.0 Å². The highest BCUT2D eigenvalue weighted by Gasteiger charge is 2.26. The summed E-state index contributed by atoms with van der Waals surface area (Å²) in [6.07, 6.45) is -1.85. The van der Waals surface area contributed by atoms with Crippen LogP contribution in [0.15, 0.2) is 12.1 Å². The number of nitro groups is 1. The predicted octanol–water partition coefficient (Wildman–Crippen LogP) is 0.893. The zero-order chi connectivity index (χ0) is 13.2. The van der Waals surface area contributed by atoms with Crippen molar-refractivity contribution in [3.05, 3.63) is 38.9 Å². The number of carbonyl (C=O) groups is 1. The standard InChI is InChI=1S/C10H8N2O5/c1-5-7(9(13)10(14)15)3-2-6(4-11)8(5)12(16)17/h2-3,9,13H,1H3,(H,14,15). The van der Waals surface area contributed by atoms with Crippen LogP contribution in [-0.2, 0) is 4.79 Å². The first-order valence-electron chi connectivity index (χ1n) is 4.49. The first-order chi connectivity index (χ1) is 7.90. The van der Waals surface area contributed by atoms with Gasteiger partial charge in [0.1, 0.15) is 11.6 Å². The molecule has 17 heavy (non-hydrogen) atoms. The molecule has 7 nitrogen and oxygen atoms in total. The van der Waals surface area contributed by atoms with Crippen LogP contribution in [0.3, 0.4) is 0 Å². The van der Waals surface area contributed by atoms with Crippen LogP contribution in [0.5, 0.6) is 0 Å². The minimum atomic E-state index is -1.85. The second-order valence-corrected chi connectivity index (χ2v) is 3.29. The highest BCUT2D eigenvalue weighted by Crippen LogP contribution is 2.29. The number of rotatable bonds is 3. The molecule has 0 bridgehead atoms. The molecule has 0 aromatic heterocycles. The Bertz CT molecular complexity index is 532. The molecule has 0 heterocycles. The molecule has 1 rings (SSSR count). The van der Waals surface area contributed by atoms with Gasteiger partial charge in [-0.25, -0.2) is 4.79 Å². The fourth-order valence-electron chi connectivity index (χ4n) is 1.47. The molecule has 0 aliphatic rings. The minimum Gasteiger partial charge on any atom is -0.479 e. The highest BCUT2D eigenvalue weighted by molar-refractivity contribution is 5.75. The smallest absolute Gasteiger partial charge is 0.337 e. The Kier molecular flexibility index (Phi) is 3.40. The lowest BCUT2D eigenvalue weighted by molar-refractivity contribution is -0.385. The molecule has 0 saturated carbocycles. The molecule has 1 unspecified atom stereocenters. The second-order valence-electron chi connectivity index (χ2n) is 3.29. The fourth-order valence-corrected chi connectivity index (χ4v) is 1.47. The van der Waals surface area contributed by atoms with Crippen LogP contribution in [0.4, 0.5) is 5.69 Å². The molecule has 2 N–H and O–H groups in total. The van der Waals surface area contributed by atoms with E-state index in [2.05, 4.69) is 0 Å². The van der Waals surface area contributed by atoms with Crippen molar-refractivity contribution in [1.29, 1.82) is 5.26 Å². The predicted molar refractivity (Wildman–Crippen MR) is 55.1 cm³/mol. The van der Waals surface area contributed by atoms with Gasteiger partial charge in [0.25, 0.3) is 5.69 Å². The van der Waals surface area contributed by atoms with Crippen LogP contribution in [-0.4, -0.2) is 21.1 Å².